The highest BCUT2D eigenvalue weighted by molar-refractivity contribution is 6.05. The summed E-state index contributed by atoms with van der Waals surface area (Å²) in [4.78, 5) is 28.0. The lowest BCUT2D eigenvalue weighted by Gasteiger charge is -2.31. The number of carbonyl (C=O) groups is 1. The average molecular weight is 361 g/mol. The van der Waals surface area contributed by atoms with Gasteiger partial charge in [0, 0.05) is 24.2 Å². The van der Waals surface area contributed by atoms with Crippen molar-refractivity contribution in [2.45, 2.75) is 26.7 Å². The number of benzene rings is 2. The Morgan fingerprint density at radius 2 is 1.89 bits per heavy atom. The first kappa shape index (κ1) is 17.5. The fourth-order valence-corrected chi connectivity index (χ4v) is 3.89. The summed E-state index contributed by atoms with van der Waals surface area (Å²) in [7, 11) is 0. The van der Waals surface area contributed by atoms with E-state index >= 15 is 0 Å². The molecule has 4 heteroatoms. The Kier molecular flexibility index (Phi) is 4.56. The lowest BCUT2D eigenvalue weighted by molar-refractivity contribution is 0.0684. The molecule has 0 radical (unpaired) electrons. The van der Waals surface area contributed by atoms with Gasteiger partial charge in [0.2, 0.25) is 0 Å². The molecule has 0 spiro atoms. The van der Waals surface area contributed by atoms with Gasteiger partial charge in [-0.1, -0.05) is 43.3 Å². The van der Waals surface area contributed by atoms with Gasteiger partial charge in [-0.2, -0.15) is 0 Å². The number of rotatable bonds is 2. The van der Waals surface area contributed by atoms with E-state index in [-0.39, 0.29) is 11.3 Å². The van der Waals surface area contributed by atoms with Crippen molar-refractivity contribution in [3.8, 4) is 11.3 Å². The van der Waals surface area contributed by atoms with Crippen LogP contribution in [0, 0.1) is 12.8 Å². The zero-order valence-electron chi connectivity index (χ0n) is 15.7. The van der Waals surface area contributed by atoms with Gasteiger partial charge >= 0.3 is 0 Å². The molecule has 1 amide bonds. The maximum atomic E-state index is 13.2. The largest absolute Gasteiger partial charge is 0.455 e. The van der Waals surface area contributed by atoms with Crippen LogP contribution >= 0.6 is 0 Å². The predicted molar refractivity (Wildman–Crippen MR) is 107 cm³/mol. The molecular formula is C23H23NO3. The highest BCUT2D eigenvalue weighted by Gasteiger charge is 2.25. The molecule has 1 atom stereocenters. The van der Waals surface area contributed by atoms with E-state index in [2.05, 4.69) is 6.92 Å². The van der Waals surface area contributed by atoms with E-state index in [1.54, 1.807) is 25.1 Å². The zero-order valence-corrected chi connectivity index (χ0v) is 15.7. The number of amides is 1. The van der Waals surface area contributed by atoms with Gasteiger partial charge in [0.05, 0.1) is 10.9 Å². The minimum absolute atomic E-state index is 0.0573. The van der Waals surface area contributed by atoms with Crippen molar-refractivity contribution in [3.05, 3.63) is 69.9 Å². The molecule has 3 aromatic rings. The van der Waals surface area contributed by atoms with E-state index < -0.39 is 0 Å². The summed E-state index contributed by atoms with van der Waals surface area (Å²) in [6.07, 6.45) is 2.15. The second kappa shape index (κ2) is 7.03. The Morgan fingerprint density at radius 1 is 1.11 bits per heavy atom. The fraction of sp³-hybridized carbons (Fsp3) is 0.304. The Hall–Kier alpha value is -2.88. The Morgan fingerprint density at radius 3 is 2.63 bits per heavy atom. The van der Waals surface area contributed by atoms with Gasteiger partial charge in [-0.15, -0.1) is 0 Å². The third-order valence-electron chi connectivity index (χ3n) is 5.36. The van der Waals surface area contributed by atoms with Crippen LogP contribution in [-0.2, 0) is 0 Å². The highest BCUT2D eigenvalue weighted by Crippen LogP contribution is 2.28. The Labute approximate surface area is 158 Å². The van der Waals surface area contributed by atoms with Gasteiger partial charge in [0.15, 0.2) is 11.0 Å². The van der Waals surface area contributed by atoms with Crippen LogP contribution in [0.2, 0.25) is 0 Å². The van der Waals surface area contributed by atoms with Crippen LogP contribution in [0.3, 0.4) is 0 Å². The molecule has 1 fully saturated rings. The van der Waals surface area contributed by atoms with Crippen LogP contribution in [-0.4, -0.2) is 23.9 Å². The molecule has 2 heterocycles. The van der Waals surface area contributed by atoms with Crippen molar-refractivity contribution in [1.82, 2.24) is 4.90 Å². The van der Waals surface area contributed by atoms with E-state index in [0.717, 1.165) is 31.5 Å². The fourth-order valence-electron chi connectivity index (χ4n) is 3.89. The second-order valence-corrected chi connectivity index (χ2v) is 7.43. The molecule has 138 valence electrons. The standard InChI is InChI=1S/C23H23NO3/c1-15-8-7-13-24(14-15)23(26)19-12-6-11-18-20(25)16(2)21(27-22(18)19)17-9-4-3-5-10-17/h3-6,9-12,15H,7-8,13-14H2,1-2H3/t15-/m1/s1. The smallest absolute Gasteiger partial charge is 0.257 e. The van der Waals surface area contributed by atoms with Gasteiger partial charge in [0.1, 0.15) is 5.76 Å². The first-order valence-electron chi connectivity index (χ1n) is 9.47. The van der Waals surface area contributed by atoms with Gasteiger partial charge in [-0.05, 0) is 37.8 Å². The summed E-state index contributed by atoms with van der Waals surface area (Å²) in [6.45, 7) is 5.44. The number of hydrogen-bond acceptors (Lipinski definition) is 3. The molecule has 1 saturated heterocycles. The van der Waals surface area contributed by atoms with Crippen LogP contribution in [0.5, 0.6) is 0 Å². The normalized spacial score (nSPS) is 17.3. The lowest BCUT2D eigenvalue weighted by Crippen LogP contribution is -2.39. The van der Waals surface area contributed by atoms with Crippen LogP contribution in [0.4, 0.5) is 0 Å². The topological polar surface area (TPSA) is 50.5 Å². The van der Waals surface area contributed by atoms with E-state index in [1.165, 1.54) is 0 Å². The number of nitrogens with zero attached hydrogens (tertiary/aromatic N) is 1. The summed E-state index contributed by atoms with van der Waals surface area (Å²) < 4.78 is 6.18. The number of para-hydroxylation sites is 1. The van der Waals surface area contributed by atoms with Crippen LogP contribution in [0.15, 0.2) is 57.7 Å². The van der Waals surface area contributed by atoms with E-state index in [9.17, 15) is 9.59 Å². The molecule has 0 N–H and O–H groups in total. The van der Waals surface area contributed by atoms with Gasteiger partial charge in [0.25, 0.3) is 5.91 Å². The molecule has 1 aliphatic heterocycles. The molecule has 0 unspecified atom stereocenters. The van der Waals surface area contributed by atoms with Crippen molar-refractivity contribution in [2.75, 3.05) is 13.1 Å². The zero-order chi connectivity index (χ0) is 19.0. The molecule has 0 bridgehead atoms. The van der Waals surface area contributed by atoms with Crippen molar-refractivity contribution < 1.29 is 9.21 Å². The average Bonchev–Trinajstić information content (AvgIpc) is 2.70. The number of fused-ring (bicyclic) bond motifs is 1. The minimum atomic E-state index is -0.0863. The molecule has 0 aliphatic carbocycles. The molecule has 1 aromatic heterocycles. The molecule has 4 nitrogen and oxygen atoms in total. The van der Waals surface area contributed by atoms with Crippen LogP contribution in [0.25, 0.3) is 22.3 Å². The first-order chi connectivity index (χ1) is 13.1. The number of hydrogen-bond donors (Lipinski definition) is 0. The summed E-state index contributed by atoms with van der Waals surface area (Å²) in [5, 5.41) is 0.461. The molecule has 1 aliphatic rings. The molecule has 4 rings (SSSR count). The third kappa shape index (κ3) is 3.16. The van der Waals surface area contributed by atoms with Crippen LogP contribution < -0.4 is 5.43 Å². The molecule has 0 saturated carbocycles. The predicted octanol–water partition coefficient (Wildman–Crippen LogP) is 4.64. The summed E-state index contributed by atoms with van der Waals surface area (Å²) in [5.74, 6) is 0.963. The van der Waals surface area contributed by atoms with Crippen LogP contribution in [0.1, 0.15) is 35.7 Å². The first-order valence-corrected chi connectivity index (χ1v) is 9.47. The summed E-state index contributed by atoms with van der Waals surface area (Å²) >= 11 is 0. The maximum Gasteiger partial charge on any atom is 0.257 e. The lowest BCUT2D eigenvalue weighted by atomic mass is 9.99. The van der Waals surface area contributed by atoms with Gasteiger partial charge in [-0.3, -0.25) is 9.59 Å². The Balaban J connectivity index is 1.88. The summed E-state index contributed by atoms with van der Waals surface area (Å²) in [6, 6.07) is 14.8. The third-order valence-corrected chi connectivity index (χ3v) is 5.36. The van der Waals surface area contributed by atoms with Crippen molar-refractivity contribution in [1.29, 1.82) is 0 Å². The maximum absolute atomic E-state index is 13.2. The monoisotopic (exact) mass is 361 g/mol. The van der Waals surface area contributed by atoms with E-state index in [1.807, 2.05) is 35.2 Å². The van der Waals surface area contributed by atoms with Gasteiger partial charge < -0.3 is 9.32 Å². The number of piperidine rings is 1. The van der Waals surface area contributed by atoms with Crippen molar-refractivity contribution in [2.24, 2.45) is 5.92 Å². The van der Waals surface area contributed by atoms with Gasteiger partial charge in [-0.25, -0.2) is 0 Å². The highest BCUT2D eigenvalue weighted by atomic mass is 16.3. The summed E-state index contributed by atoms with van der Waals surface area (Å²) in [5.41, 5.74) is 2.16. The minimum Gasteiger partial charge on any atom is -0.455 e. The Bertz CT molecular complexity index is 1050. The van der Waals surface area contributed by atoms with Crippen molar-refractivity contribution in [3.63, 3.8) is 0 Å². The second-order valence-electron chi connectivity index (χ2n) is 7.43. The number of carbonyl (C=O) groups excluding carboxylic acids is 1. The molecular weight excluding hydrogens is 338 g/mol. The van der Waals surface area contributed by atoms with Crippen molar-refractivity contribution >= 4 is 16.9 Å². The quantitative estimate of drug-likeness (QED) is 0.668. The van der Waals surface area contributed by atoms with E-state index in [0.29, 0.717) is 33.8 Å². The SMILES string of the molecule is Cc1c(-c2ccccc2)oc2c(C(=O)N3CCC[C@@H](C)C3)cccc2c1=O. The molecule has 2 aromatic carbocycles. The molecule has 27 heavy (non-hydrogen) atoms. The number of likely N-dealkylation sites (tertiary alicyclic amines) is 1. The van der Waals surface area contributed by atoms with E-state index in [4.69, 9.17) is 4.42 Å².